The molecule has 0 saturated carbocycles. The Bertz CT molecular complexity index is 258. The SMILES string of the molecule is CCC(NCCN)c1ccc(F)cc1. The molecule has 2 nitrogen and oxygen atoms in total. The minimum Gasteiger partial charge on any atom is -0.329 e. The molecule has 0 bridgehead atoms. The number of nitrogens with two attached hydrogens (primary N) is 1. The van der Waals surface area contributed by atoms with Crippen molar-refractivity contribution in [3.05, 3.63) is 35.6 Å². The van der Waals surface area contributed by atoms with Crippen molar-refractivity contribution in [2.75, 3.05) is 13.1 Å². The molecule has 1 unspecified atom stereocenters. The quantitative estimate of drug-likeness (QED) is 0.754. The average Bonchev–Trinajstić information content (AvgIpc) is 2.21. The second-order valence-electron chi connectivity index (χ2n) is 3.26. The van der Waals surface area contributed by atoms with Gasteiger partial charge in [0.25, 0.3) is 0 Å². The van der Waals surface area contributed by atoms with Gasteiger partial charge in [-0.15, -0.1) is 0 Å². The molecule has 3 heteroatoms. The number of rotatable bonds is 5. The first-order valence-electron chi connectivity index (χ1n) is 4.96. The highest BCUT2D eigenvalue weighted by molar-refractivity contribution is 5.19. The fourth-order valence-corrected chi connectivity index (χ4v) is 1.45. The lowest BCUT2D eigenvalue weighted by Crippen LogP contribution is -2.26. The molecule has 0 spiro atoms. The maximum Gasteiger partial charge on any atom is 0.123 e. The van der Waals surface area contributed by atoms with Crippen molar-refractivity contribution in [1.29, 1.82) is 0 Å². The van der Waals surface area contributed by atoms with Crippen LogP contribution in [-0.4, -0.2) is 13.1 Å². The molecule has 0 aliphatic heterocycles. The molecule has 0 saturated heterocycles. The van der Waals surface area contributed by atoms with E-state index < -0.39 is 0 Å². The van der Waals surface area contributed by atoms with Crippen LogP contribution < -0.4 is 11.1 Å². The van der Waals surface area contributed by atoms with Crippen LogP contribution in [0, 0.1) is 5.82 Å². The highest BCUT2D eigenvalue weighted by atomic mass is 19.1. The number of benzene rings is 1. The first-order valence-corrected chi connectivity index (χ1v) is 4.96. The van der Waals surface area contributed by atoms with E-state index in [2.05, 4.69) is 12.2 Å². The monoisotopic (exact) mass is 196 g/mol. The molecule has 1 atom stereocenters. The fourth-order valence-electron chi connectivity index (χ4n) is 1.45. The van der Waals surface area contributed by atoms with Gasteiger partial charge in [-0.25, -0.2) is 4.39 Å². The fraction of sp³-hybridized carbons (Fsp3) is 0.455. The summed E-state index contributed by atoms with van der Waals surface area (Å²) in [6, 6.07) is 6.88. The van der Waals surface area contributed by atoms with Crippen molar-refractivity contribution in [3.63, 3.8) is 0 Å². The third kappa shape index (κ3) is 3.09. The van der Waals surface area contributed by atoms with E-state index in [0.717, 1.165) is 18.5 Å². The van der Waals surface area contributed by atoms with Crippen molar-refractivity contribution in [3.8, 4) is 0 Å². The van der Waals surface area contributed by atoms with Gasteiger partial charge in [-0.3, -0.25) is 0 Å². The Balaban J connectivity index is 2.64. The summed E-state index contributed by atoms with van der Waals surface area (Å²) in [5.41, 5.74) is 6.52. The maximum atomic E-state index is 12.7. The first kappa shape index (κ1) is 11.1. The lowest BCUT2D eigenvalue weighted by molar-refractivity contribution is 0.525. The first-order chi connectivity index (χ1) is 6.77. The third-order valence-electron chi connectivity index (χ3n) is 2.22. The predicted octanol–water partition coefficient (Wildman–Crippen LogP) is 1.83. The summed E-state index contributed by atoms with van der Waals surface area (Å²) in [5, 5.41) is 3.31. The Morgan fingerprint density at radius 3 is 2.50 bits per heavy atom. The second kappa shape index (κ2) is 5.73. The van der Waals surface area contributed by atoms with Gasteiger partial charge < -0.3 is 11.1 Å². The molecule has 1 aromatic rings. The highest BCUT2D eigenvalue weighted by Gasteiger charge is 2.07. The zero-order valence-corrected chi connectivity index (χ0v) is 8.46. The molecule has 1 rings (SSSR count). The van der Waals surface area contributed by atoms with Crippen molar-refractivity contribution in [1.82, 2.24) is 5.32 Å². The van der Waals surface area contributed by atoms with Gasteiger partial charge in [-0.05, 0) is 24.1 Å². The molecule has 3 N–H and O–H groups in total. The Hall–Kier alpha value is -0.930. The van der Waals surface area contributed by atoms with Gasteiger partial charge in [0, 0.05) is 19.1 Å². The zero-order chi connectivity index (χ0) is 10.4. The molecule has 0 fully saturated rings. The summed E-state index contributed by atoms with van der Waals surface area (Å²) in [4.78, 5) is 0. The molecular weight excluding hydrogens is 179 g/mol. The van der Waals surface area contributed by atoms with Gasteiger partial charge in [0.2, 0.25) is 0 Å². The molecule has 1 aromatic carbocycles. The molecule has 78 valence electrons. The van der Waals surface area contributed by atoms with E-state index in [1.54, 1.807) is 0 Å². The van der Waals surface area contributed by atoms with Crippen LogP contribution in [0.5, 0.6) is 0 Å². The summed E-state index contributed by atoms with van der Waals surface area (Å²) in [6.45, 7) is 3.51. The summed E-state index contributed by atoms with van der Waals surface area (Å²) in [6.07, 6.45) is 0.978. The van der Waals surface area contributed by atoms with Crippen molar-refractivity contribution in [2.45, 2.75) is 19.4 Å². The van der Waals surface area contributed by atoms with Crippen LogP contribution in [0.25, 0.3) is 0 Å². The van der Waals surface area contributed by atoms with E-state index in [1.165, 1.54) is 12.1 Å². The number of hydrogen-bond acceptors (Lipinski definition) is 2. The molecule has 14 heavy (non-hydrogen) atoms. The van der Waals surface area contributed by atoms with E-state index in [1.807, 2.05) is 12.1 Å². The van der Waals surface area contributed by atoms with E-state index in [4.69, 9.17) is 5.73 Å². The Morgan fingerprint density at radius 1 is 1.36 bits per heavy atom. The molecular formula is C11H17FN2. The third-order valence-corrected chi connectivity index (χ3v) is 2.22. The van der Waals surface area contributed by atoms with E-state index in [9.17, 15) is 4.39 Å². The summed E-state index contributed by atoms with van der Waals surface area (Å²) in [5.74, 6) is -0.192. The van der Waals surface area contributed by atoms with Gasteiger partial charge >= 0.3 is 0 Å². The van der Waals surface area contributed by atoms with Crippen LogP contribution >= 0.6 is 0 Å². The van der Waals surface area contributed by atoms with Crippen LogP contribution in [0.4, 0.5) is 4.39 Å². The Morgan fingerprint density at radius 2 is 2.00 bits per heavy atom. The van der Waals surface area contributed by atoms with Crippen LogP contribution in [0.15, 0.2) is 24.3 Å². The highest BCUT2D eigenvalue weighted by Crippen LogP contribution is 2.16. The van der Waals surface area contributed by atoms with Gasteiger partial charge in [0.05, 0.1) is 0 Å². The van der Waals surface area contributed by atoms with Crippen molar-refractivity contribution in [2.24, 2.45) is 5.73 Å². The minimum absolute atomic E-state index is 0.192. The van der Waals surface area contributed by atoms with Gasteiger partial charge in [-0.1, -0.05) is 19.1 Å². The van der Waals surface area contributed by atoms with Crippen LogP contribution in [0.3, 0.4) is 0 Å². The lowest BCUT2D eigenvalue weighted by atomic mass is 10.0. The zero-order valence-electron chi connectivity index (χ0n) is 8.46. The topological polar surface area (TPSA) is 38.0 Å². The number of halogens is 1. The lowest BCUT2D eigenvalue weighted by Gasteiger charge is -2.16. The smallest absolute Gasteiger partial charge is 0.123 e. The second-order valence-corrected chi connectivity index (χ2v) is 3.26. The molecule has 0 aliphatic rings. The predicted molar refractivity (Wildman–Crippen MR) is 56.5 cm³/mol. The summed E-state index contributed by atoms with van der Waals surface area (Å²) in [7, 11) is 0. The van der Waals surface area contributed by atoms with E-state index >= 15 is 0 Å². The van der Waals surface area contributed by atoms with Gasteiger partial charge in [0.15, 0.2) is 0 Å². The normalized spacial score (nSPS) is 12.8. The molecule has 0 aromatic heterocycles. The van der Waals surface area contributed by atoms with E-state index in [0.29, 0.717) is 6.54 Å². The average molecular weight is 196 g/mol. The standard InChI is InChI=1S/C11H17FN2/c1-2-11(14-8-7-13)9-3-5-10(12)6-4-9/h3-6,11,14H,2,7-8,13H2,1H3. The maximum absolute atomic E-state index is 12.7. The van der Waals surface area contributed by atoms with Crippen LogP contribution in [-0.2, 0) is 0 Å². The summed E-state index contributed by atoms with van der Waals surface area (Å²) >= 11 is 0. The molecule has 0 radical (unpaired) electrons. The Labute approximate surface area is 84.3 Å². The van der Waals surface area contributed by atoms with Crippen LogP contribution in [0.2, 0.25) is 0 Å². The molecule has 0 amide bonds. The number of hydrogen-bond donors (Lipinski definition) is 2. The van der Waals surface area contributed by atoms with Crippen LogP contribution in [0.1, 0.15) is 24.9 Å². The van der Waals surface area contributed by atoms with E-state index in [-0.39, 0.29) is 11.9 Å². The Kier molecular flexibility index (Phi) is 4.56. The number of nitrogens with one attached hydrogen (secondary N) is 1. The van der Waals surface area contributed by atoms with Gasteiger partial charge in [-0.2, -0.15) is 0 Å². The molecule has 0 heterocycles. The largest absolute Gasteiger partial charge is 0.329 e. The van der Waals surface area contributed by atoms with Crippen molar-refractivity contribution >= 4 is 0 Å². The molecule has 0 aliphatic carbocycles. The van der Waals surface area contributed by atoms with Crippen molar-refractivity contribution < 1.29 is 4.39 Å². The summed E-state index contributed by atoms with van der Waals surface area (Å²) < 4.78 is 12.7. The van der Waals surface area contributed by atoms with Gasteiger partial charge in [0.1, 0.15) is 5.82 Å². The minimum atomic E-state index is -0.192.